The average molecular weight is 286 g/mol. The van der Waals surface area contributed by atoms with Gasteiger partial charge in [0.2, 0.25) is 0 Å². The van der Waals surface area contributed by atoms with E-state index >= 15 is 0 Å². The topological polar surface area (TPSA) is 58.0 Å². The summed E-state index contributed by atoms with van der Waals surface area (Å²) in [4.78, 5) is 15.1. The van der Waals surface area contributed by atoms with E-state index in [9.17, 15) is 9.18 Å². The lowest BCUT2D eigenvalue weighted by Gasteiger charge is -2.10. The fourth-order valence-electron chi connectivity index (χ4n) is 2.27. The summed E-state index contributed by atoms with van der Waals surface area (Å²) in [5, 5.41) is 3.23. The third kappa shape index (κ3) is 2.54. The number of furan rings is 1. The van der Waals surface area contributed by atoms with Crippen molar-refractivity contribution in [3.05, 3.63) is 59.4 Å². The zero-order valence-electron chi connectivity index (χ0n) is 11.7. The number of halogens is 1. The van der Waals surface area contributed by atoms with E-state index in [4.69, 9.17) is 4.42 Å². The summed E-state index contributed by atoms with van der Waals surface area (Å²) in [5.41, 5.74) is 0.923. The quantitative estimate of drug-likeness (QED) is 0.771. The predicted molar refractivity (Wildman–Crippen MR) is 77.6 cm³/mol. The van der Waals surface area contributed by atoms with Gasteiger partial charge in [0.25, 0.3) is 5.91 Å². The summed E-state index contributed by atoms with van der Waals surface area (Å²) in [7, 11) is 0. The van der Waals surface area contributed by atoms with Crippen LogP contribution in [0.4, 0.5) is 4.39 Å². The minimum atomic E-state index is -0.350. The van der Waals surface area contributed by atoms with Crippen LogP contribution in [0.1, 0.15) is 35.0 Å². The van der Waals surface area contributed by atoms with Gasteiger partial charge in [0.15, 0.2) is 0 Å². The monoisotopic (exact) mass is 286 g/mol. The molecular weight excluding hydrogens is 271 g/mol. The van der Waals surface area contributed by atoms with E-state index in [2.05, 4.69) is 10.3 Å². The normalized spacial score (nSPS) is 12.5. The van der Waals surface area contributed by atoms with E-state index in [-0.39, 0.29) is 17.8 Å². The number of benzene rings is 1. The van der Waals surface area contributed by atoms with E-state index in [0.717, 1.165) is 5.76 Å². The molecule has 0 spiro atoms. The number of fused-ring (bicyclic) bond motifs is 1. The molecule has 0 aliphatic carbocycles. The molecule has 0 aliphatic rings. The van der Waals surface area contributed by atoms with Gasteiger partial charge in [0.05, 0.1) is 6.04 Å². The molecule has 0 saturated carbocycles. The maximum absolute atomic E-state index is 13.6. The highest BCUT2D eigenvalue weighted by molar-refractivity contribution is 5.98. The zero-order chi connectivity index (χ0) is 15.0. The average Bonchev–Trinajstić information content (AvgIpc) is 3.05. The number of aromatic nitrogens is 1. The summed E-state index contributed by atoms with van der Waals surface area (Å²) in [6.07, 6.45) is 0. The molecule has 1 unspecified atom stereocenters. The first-order chi connectivity index (χ1) is 10.0. The molecule has 1 amide bonds. The Kier molecular flexibility index (Phi) is 3.25. The Morgan fingerprint density at radius 3 is 2.81 bits per heavy atom. The Balaban J connectivity index is 1.82. The fraction of sp³-hybridized carbons (Fsp3) is 0.188. The molecule has 0 fully saturated rings. The summed E-state index contributed by atoms with van der Waals surface area (Å²) in [6.45, 7) is 3.68. The molecule has 0 radical (unpaired) electrons. The zero-order valence-corrected chi connectivity index (χ0v) is 11.7. The van der Waals surface area contributed by atoms with E-state index in [1.807, 2.05) is 26.0 Å². The van der Waals surface area contributed by atoms with Crippen molar-refractivity contribution in [1.82, 2.24) is 10.3 Å². The highest BCUT2D eigenvalue weighted by Crippen LogP contribution is 2.20. The summed E-state index contributed by atoms with van der Waals surface area (Å²) >= 11 is 0. The van der Waals surface area contributed by atoms with Crippen molar-refractivity contribution in [2.24, 2.45) is 0 Å². The van der Waals surface area contributed by atoms with Gasteiger partial charge in [-0.2, -0.15) is 0 Å². The van der Waals surface area contributed by atoms with E-state index in [0.29, 0.717) is 22.4 Å². The number of nitrogens with one attached hydrogen (secondary N) is 2. The SMILES string of the molecule is Cc1ccc(C(C)NC(=O)c2cc3c(F)cccc3[nH]2)o1. The van der Waals surface area contributed by atoms with Crippen molar-refractivity contribution in [2.75, 3.05) is 0 Å². The maximum Gasteiger partial charge on any atom is 0.268 e. The second-order valence-corrected chi connectivity index (χ2v) is 5.03. The van der Waals surface area contributed by atoms with Crippen LogP contribution in [0.25, 0.3) is 10.9 Å². The van der Waals surface area contributed by atoms with Crippen LogP contribution in [0.2, 0.25) is 0 Å². The Morgan fingerprint density at radius 2 is 2.14 bits per heavy atom. The number of H-pyrrole nitrogens is 1. The molecule has 2 aromatic heterocycles. The molecule has 4 nitrogen and oxygen atoms in total. The fourth-order valence-corrected chi connectivity index (χ4v) is 2.27. The first kappa shape index (κ1) is 13.4. The third-order valence-corrected chi connectivity index (χ3v) is 3.39. The molecular formula is C16H15FN2O2. The number of amides is 1. The minimum Gasteiger partial charge on any atom is -0.464 e. The van der Waals surface area contributed by atoms with Crippen LogP contribution in [-0.2, 0) is 0 Å². The standard InChI is InChI=1S/C16H15FN2O2/c1-9-6-7-15(21-9)10(2)18-16(20)14-8-11-12(17)4-3-5-13(11)19-14/h3-8,10,19H,1-2H3,(H,18,20). The highest BCUT2D eigenvalue weighted by Gasteiger charge is 2.16. The molecule has 0 bridgehead atoms. The van der Waals surface area contributed by atoms with Gasteiger partial charge < -0.3 is 14.7 Å². The third-order valence-electron chi connectivity index (χ3n) is 3.39. The van der Waals surface area contributed by atoms with E-state index < -0.39 is 0 Å². The summed E-state index contributed by atoms with van der Waals surface area (Å²) in [5.74, 6) is 0.826. The number of hydrogen-bond acceptors (Lipinski definition) is 2. The van der Waals surface area contributed by atoms with Gasteiger partial charge >= 0.3 is 0 Å². The molecule has 3 aromatic rings. The second-order valence-electron chi connectivity index (χ2n) is 5.03. The van der Waals surface area contributed by atoms with Crippen molar-refractivity contribution in [3.63, 3.8) is 0 Å². The molecule has 1 atom stereocenters. The number of rotatable bonds is 3. The van der Waals surface area contributed by atoms with Crippen LogP contribution in [0, 0.1) is 12.7 Å². The molecule has 0 saturated heterocycles. The molecule has 2 heterocycles. The second kappa shape index (κ2) is 5.09. The molecule has 1 aromatic carbocycles. The van der Waals surface area contributed by atoms with Gasteiger partial charge in [-0.25, -0.2) is 4.39 Å². The van der Waals surface area contributed by atoms with E-state index in [1.54, 1.807) is 12.1 Å². The Morgan fingerprint density at radius 1 is 1.33 bits per heavy atom. The van der Waals surface area contributed by atoms with Crippen molar-refractivity contribution >= 4 is 16.8 Å². The molecule has 0 aliphatic heterocycles. The van der Waals surface area contributed by atoms with Gasteiger partial charge in [0.1, 0.15) is 23.0 Å². The minimum absolute atomic E-state index is 0.262. The lowest BCUT2D eigenvalue weighted by atomic mass is 10.2. The predicted octanol–water partition coefficient (Wildman–Crippen LogP) is 3.70. The van der Waals surface area contributed by atoms with Crippen molar-refractivity contribution in [3.8, 4) is 0 Å². The smallest absolute Gasteiger partial charge is 0.268 e. The van der Waals surface area contributed by atoms with Crippen LogP contribution in [0.15, 0.2) is 40.8 Å². The lowest BCUT2D eigenvalue weighted by Crippen LogP contribution is -2.26. The summed E-state index contributed by atoms with van der Waals surface area (Å²) in [6, 6.07) is 9.62. The van der Waals surface area contributed by atoms with Crippen molar-refractivity contribution < 1.29 is 13.6 Å². The van der Waals surface area contributed by atoms with Crippen LogP contribution in [0.3, 0.4) is 0 Å². The van der Waals surface area contributed by atoms with Gasteiger partial charge in [-0.3, -0.25) is 4.79 Å². The number of carbonyl (C=O) groups excluding carboxylic acids is 1. The summed E-state index contributed by atoms with van der Waals surface area (Å²) < 4.78 is 19.1. The number of aryl methyl sites for hydroxylation is 1. The highest BCUT2D eigenvalue weighted by atomic mass is 19.1. The number of aromatic amines is 1. The van der Waals surface area contributed by atoms with Crippen LogP contribution >= 0.6 is 0 Å². The molecule has 21 heavy (non-hydrogen) atoms. The van der Waals surface area contributed by atoms with Crippen LogP contribution < -0.4 is 5.32 Å². The lowest BCUT2D eigenvalue weighted by molar-refractivity contribution is 0.0931. The Hall–Kier alpha value is -2.56. The Bertz CT molecular complexity index is 804. The molecule has 2 N–H and O–H groups in total. The van der Waals surface area contributed by atoms with Crippen LogP contribution in [-0.4, -0.2) is 10.9 Å². The van der Waals surface area contributed by atoms with Gasteiger partial charge in [0, 0.05) is 10.9 Å². The van der Waals surface area contributed by atoms with Crippen LogP contribution in [0.5, 0.6) is 0 Å². The largest absolute Gasteiger partial charge is 0.464 e. The number of hydrogen-bond donors (Lipinski definition) is 2. The van der Waals surface area contributed by atoms with Crippen molar-refractivity contribution in [1.29, 1.82) is 0 Å². The first-order valence-corrected chi connectivity index (χ1v) is 6.69. The Labute approximate surface area is 121 Å². The van der Waals surface area contributed by atoms with Gasteiger partial charge in [-0.1, -0.05) is 6.07 Å². The molecule has 5 heteroatoms. The van der Waals surface area contributed by atoms with E-state index in [1.165, 1.54) is 12.1 Å². The van der Waals surface area contributed by atoms with Gasteiger partial charge in [-0.15, -0.1) is 0 Å². The maximum atomic E-state index is 13.6. The van der Waals surface area contributed by atoms with Gasteiger partial charge in [-0.05, 0) is 44.2 Å². The first-order valence-electron chi connectivity index (χ1n) is 6.69. The molecule has 3 rings (SSSR count). The molecule has 108 valence electrons. The number of carbonyl (C=O) groups is 1. The van der Waals surface area contributed by atoms with Crippen molar-refractivity contribution in [2.45, 2.75) is 19.9 Å².